The van der Waals surface area contributed by atoms with Gasteiger partial charge in [-0.3, -0.25) is 4.79 Å². The number of nitrogens with zero attached hydrogens (tertiary/aromatic N) is 3. The van der Waals surface area contributed by atoms with Gasteiger partial charge in [0.05, 0.1) is 5.25 Å². The van der Waals surface area contributed by atoms with Crippen molar-refractivity contribution in [3.05, 3.63) is 35.7 Å². The number of nitrogens with one attached hydrogen (secondary N) is 1. The predicted molar refractivity (Wildman–Crippen MR) is 101 cm³/mol. The number of amides is 1. The molecule has 3 N–H and O–H groups in total. The Morgan fingerprint density at radius 2 is 1.92 bits per heavy atom. The van der Waals surface area contributed by atoms with E-state index in [9.17, 15) is 4.79 Å². The zero-order valence-corrected chi connectivity index (χ0v) is 15.6. The van der Waals surface area contributed by atoms with Crippen molar-refractivity contribution in [3.8, 4) is 0 Å². The van der Waals surface area contributed by atoms with Crippen molar-refractivity contribution in [3.63, 3.8) is 0 Å². The molecule has 1 aliphatic rings. The highest BCUT2D eigenvalue weighted by atomic mass is 32.2. The van der Waals surface area contributed by atoms with E-state index in [1.54, 1.807) is 4.68 Å². The lowest BCUT2D eigenvalue weighted by molar-refractivity contribution is -0.115. The smallest absolute Gasteiger partial charge is 0.237 e. The van der Waals surface area contributed by atoms with Gasteiger partial charge in [-0.05, 0) is 38.8 Å². The fraction of sp³-hybridized carbons (Fsp3) is 0.500. The van der Waals surface area contributed by atoms with E-state index in [1.165, 1.54) is 31.0 Å². The molecule has 6 nitrogen and oxygen atoms in total. The maximum Gasteiger partial charge on any atom is 0.237 e. The standard InChI is InChI=1S/C18H25N5OS/c1-12-8-10-15(11-9-12)20-17(24)13(2)25-18-22-21-16(23(18)19)14-6-4-3-5-7-14/h8-11,13-14H,3-7,19H2,1-2H3,(H,20,24)/t13-/m0/s1. The van der Waals surface area contributed by atoms with Gasteiger partial charge in [-0.25, -0.2) is 4.68 Å². The summed E-state index contributed by atoms with van der Waals surface area (Å²) in [6.45, 7) is 3.87. The molecular formula is C18H25N5OS. The second-order valence-corrected chi connectivity index (χ2v) is 7.97. The van der Waals surface area contributed by atoms with Crippen LogP contribution in [0.2, 0.25) is 0 Å². The lowest BCUT2D eigenvalue weighted by atomic mass is 9.89. The van der Waals surface area contributed by atoms with Crippen molar-refractivity contribution in [1.82, 2.24) is 14.9 Å². The van der Waals surface area contributed by atoms with Crippen LogP contribution < -0.4 is 11.2 Å². The van der Waals surface area contributed by atoms with Gasteiger partial charge in [0.25, 0.3) is 0 Å². The van der Waals surface area contributed by atoms with Crippen molar-refractivity contribution < 1.29 is 4.79 Å². The number of thioether (sulfide) groups is 1. The van der Waals surface area contributed by atoms with Crippen molar-refractivity contribution in [2.24, 2.45) is 0 Å². The minimum absolute atomic E-state index is 0.0731. The van der Waals surface area contributed by atoms with Gasteiger partial charge >= 0.3 is 0 Å². The van der Waals surface area contributed by atoms with E-state index in [4.69, 9.17) is 5.84 Å². The molecule has 3 rings (SSSR count). The van der Waals surface area contributed by atoms with E-state index >= 15 is 0 Å². The van der Waals surface area contributed by atoms with Gasteiger partial charge in [0.15, 0.2) is 5.82 Å². The number of nitrogens with two attached hydrogens (primary N) is 1. The molecule has 0 aliphatic heterocycles. The molecule has 1 fully saturated rings. The SMILES string of the molecule is Cc1ccc(NC(=O)[C@H](C)Sc2nnc(C3CCCCC3)n2N)cc1. The Morgan fingerprint density at radius 3 is 2.60 bits per heavy atom. The van der Waals surface area contributed by atoms with E-state index in [1.807, 2.05) is 38.1 Å². The van der Waals surface area contributed by atoms with Crippen molar-refractivity contribution in [1.29, 1.82) is 0 Å². The molecule has 0 unspecified atom stereocenters. The Morgan fingerprint density at radius 1 is 1.24 bits per heavy atom. The number of hydrogen-bond acceptors (Lipinski definition) is 5. The van der Waals surface area contributed by atoms with E-state index in [2.05, 4.69) is 15.5 Å². The number of nitrogen functional groups attached to an aromatic ring is 1. The molecule has 25 heavy (non-hydrogen) atoms. The van der Waals surface area contributed by atoms with Crippen molar-refractivity contribution in [2.45, 2.75) is 62.3 Å². The first kappa shape index (κ1) is 17.8. The fourth-order valence-corrected chi connectivity index (χ4v) is 3.88. The molecule has 0 bridgehead atoms. The molecule has 0 spiro atoms. The van der Waals surface area contributed by atoms with Gasteiger partial charge < -0.3 is 11.2 Å². The number of anilines is 1. The van der Waals surface area contributed by atoms with Gasteiger partial charge in [-0.2, -0.15) is 0 Å². The third-order valence-corrected chi connectivity index (χ3v) is 5.69. The highest BCUT2D eigenvalue weighted by molar-refractivity contribution is 8.00. The molecule has 7 heteroatoms. The summed E-state index contributed by atoms with van der Waals surface area (Å²) in [5.41, 5.74) is 1.95. The molecule has 1 aromatic heterocycles. The van der Waals surface area contributed by atoms with Crippen LogP contribution in [0.15, 0.2) is 29.4 Å². The van der Waals surface area contributed by atoms with Crippen LogP contribution in [0.5, 0.6) is 0 Å². The number of aryl methyl sites for hydroxylation is 1. The quantitative estimate of drug-likeness (QED) is 0.631. The topological polar surface area (TPSA) is 85.8 Å². The minimum atomic E-state index is -0.313. The number of rotatable bonds is 5. The Balaban J connectivity index is 1.62. The van der Waals surface area contributed by atoms with Gasteiger partial charge in [0, 0.05) is 11.6 Å². The summed E-state index contributed by atoms with van der Waals surface area (Å²) in [5, 5.41) is 11.7. The third kappa shape index (κ3) is 4.34. The van der Waals surface area contributed by atoms with E-state index in [0.29, 0.717) is 11.1 Å². The summed E-state index contributed by atoms with van der Waals surface area (Å²) in [6, 6.07) is 7.75. The lowest BCUT2D eigenvalue weighted by Crippen LogP contribution is -2.24. The van der Waals surface area contributed by atoms with Gasteiger partial charge in [-0.15, -0.1) is 10.2 Å². The number of carbonyl (C=O) groups excluding carboxylic acids is 1. The molecule has 1 saturated carbocycles. The zero-order chi connectivity index (χ0) is 17.8. The lowest BCUT2D eigenvalue weighted by Gasteiger charge is -2.20. The molecule has 1 aromatic carbocycles. The molecule has 1 aliphatic carbocycles. The Bertz CT molecular complexity index is 722. The van der Waals surface area contributed by atoms with Crippen LogP contribution in [0.1, 0.15) is 56.3 Å². The summed E-state index contributed by atoms with van der Waals surface area (Å²) in [7, 11) is 0. The normalized spacial score (nSPS) is 16.6. The maximum absolute atomic E-state index is 12.4. The highest BCUT2D eigenvalue weighted by Gasteiger charge is 2.24. The Kier molecular flexibility index (Phi) is 5.63. The minimum Gasteiger partial charge on any atom is -0.336 e. The first-order valence-corrected chi connectivity index (χ1v) is 9.67. The summed E-state index contributed by atoms with van der Waals surface area (Å²) < 4.78 is 1.57. The molecule has 1 heterocycles. The third-order valence-electron chi connectivity index (χ3n) is 4.63. The first-order valence-electron chi connectivity index (χ1n) is 8.79. The summed E-state index contributed by atoms with van der Waals surface area (Å²) in [6.07, 6.45) is 5.95. The monoisotopic (exact) mass is 359 g/mol. The second kappa shape index (κ2) is 7.91. The second-order valence-electron chi connectivity index (χ2n) is 6.66. The summed E-state index contributed by atoms with van der Waals surface area (Å²) >= 11 is 1.34. The number of benzene rings is 1. The van der Waals surface area contributed by atoms with Gasteiger partial charge in [-0.1, -0.05) is 48.7 Å². The molecule has 2 aromatic rings. The van der Waals surface area contributed by atoms with Gasteiger partial charge in [0.2, 0.25) is 11.1 Å². The van der Waals surface area contributed by atoms with Crippen LogP contribution in [0.25, 0.3) is 0 Å². The summed E-state index contributed by atoms with van der Waals surface area (Å²) in [5.74, 6) is 7.35. The average molecular weight is 359 g/mol. The van der Waals surface area contributed by atoms with E-state index in [0.717, 1.165) is 29.9 Å². The number of aromatic nitrogens is 3. The van der Waals surface area contributed by atoms with E-state index < -0.39 is 0 Å². The van der Waals surface area contributed by atoms with Gasteiger partial charge in [0.1, 0.15) is 0 Å². The van der Waals surface area contributed by atoms with Crippen LogP contribution in [0.4, 0.5) is 5.69 Å². The average Bonchev–Trinajstić information content (AvgIpc) is 2.98. The molecule has 134 valence electrons. The van der Waals surface area contributed by atoms with Crippen molar-refractivity contribution >= 4 is 23.4 Å². The van der Waals surface area contributed by atoms with Crippen LogP contribution in [0, 0.1) is 6.92 Å². The first-order chi connectivity index (χ1) is 12.0. The van der Waals surface area contributed by atoms with Crippen LogP contribution >= 0.6 is 11.8 Å². The molecular weight excluding hydrogens is 334 g/mol. The van der Waals surface area contributed by atoms with Crippen LogP contribution in [-0.2, 0) is 4.79 Å². The van der Waals surface area contributed by atoms with E-state index in [-0.39, 0.29) is 11.2 Å². The number of carbonyl (C=O) groups is 1. The van der Waals surface area contributed by atoms with Crippen LogP contribution in [-0.4, -0.2) is 26.0 Å². The highest BCUT2D eigenvalue weighted by Crippen LogP contribution is 2.32. The van der Waals surface area contributed by atoms with Crippen LogP contribution in [0.3, 0.4) is 0 Å². The zero-order valence-electron chi connectivity index (χ0n) is 14.7. The fourth-order valence-electron chi connectivity index (χ4n) is 3.10. The number of hydrogen-bond donors (Lipinski definition) is 2. The predicted octanol–water partition coefficient (Wildman–Crippen LogP) is 3.47. The molecule has 0 radical (unpaired) electrons. The summed E-state index contributed by atoms with van der Waals surface area (Å²) in [4.78, 5) is 12.4. The molecule has 1 amide bonds. The largest absolute Gasteiger partial charge is 0.336 e. The Labute approximate surface area is 152 Å². The maximum atomic E-state index is 12.4. The van der Waals surface area contributed by atoms with Crippen molar-refractivity contribution in [2.75, 3.05) is 11.2 Å². The molecule has 1 atom stereocenters. The molecule has 0 saturated heterocycles. The Hall–Kier alpha value is -2.02.